The second kappa shape index (κ2) is 6.62. The van der Waals surface area contributed by atoms with Gasteiger partial charge in [-0.15, -0.1) is 0 Å². The lowest BCUT2D eigenvalue weighted by molar-refractivity contribution is 0.278. The Morgan fingerprint density at radius 2 is 2.14 bits per heavy atom. The first kappa shape index (κ1) is 16.0. The molecular weight excluding hydrogens is 282 g/mol. The van der Waals surface area contributed by atoms with Crippen molar-refractivity contribution in [1.82, 2.24) is 9.55 Å². The molecule has 2 heterocycles. The highest BCUT2D eigenvalue weighted by molar-refractivity contribution is 5.60. The number of anilines is 2. The molecule has 3 rings (SSSR count). The van der Waals surface area contributed by atoms with Gasteiger partial charge in [0.05, 0.1) is 12.2 Å². The van der Waals surface area contributed by atoms with Gasteiger partial charge in [0.25, 0.3) is 5.56 Å². The maximum Gasteiger partial charge on any atom is 0.261 e. The number of hydrogen-bond donors (Lipinski definition) is 3. The predicted octanol–water partition coefficient (Wildman–Crippen LogP) is 2.16. The number of phenolic OH excluding ortho intramolecular Hbond substituents is 1. The fourth-order valence-corrected chi connectivity index (χ4v) is 2.58. The van der Waals surface area contributed by atoms with Crippen LogP contribution in [0.25, 0.3) is 0 Å². The molecule has 0 fully saturated rings. The van der Waals surface area contributed by atoms with Gasteiger partial charge in [-0.3, -0.25) is 9.36 Å². The normalized spacial score (nSPS) is 13.1. The van der Waals surface area contributed by atoms with E-state index < -0.39 is 0 Å². The molecule has 1 aliphatic rings. The second-order valence-corrected chi connectivity index (χ2v) is 5.10. The number of fused-ring (bicyclic) bond motifs is 1. The first-order valence-corrected chi connectivity index (χ1v) is 6.98. The van der Waals surface area contributed by atoms with E-state index in [2.05, 4.69) is 10.3 Å². The van der Waals surface area contributed by atoms with E-state index in [0.717, 1.165) is 25.1 Å². The van der Waals surface area contributed by atoms with Crippen molar-refractivity contribution in [3.63, 3.8) is 0 Å². The summed E-state index contributed by atoms with van der Waals surface area (Å²) in [6.07, 6.45) is 2.73. The van der Waals surface area contributed by atoms with Crippen molar-refractivity contribution in [2.75, 3.05) is 5.32 Å². The third kappa shape index (κ3) is 2.96. The van der Waals surface area contributed by atoms with Crippen molar-refractivity contribution >= 4 is 11.5 Å². The number of aliphatic hydroxyl groups is 1. The predicted molar refractivity (Wildman–Crippen MR) is 85.5 cm³/mol. The summed E-state index contributed by atoms with van der Waals surface area (Å²) in [6.45, 7) is 0.286. The first-order chi connectivity index (χ1) is 10.2. The zero-order valence-corrected chi connectivity index (χ0v) is 11.5. The first-order valence-electron chi connectivity index (χ1n) is 6.98. The molecule has 22 heavy (non-hydrogen) atoms. The maximum atomic E-state index is 12.4. The molecule has 1 aromatic carbocycles. The van der Waals surface area contributed by atoms with E-state index in [4.69, 9.17) is 0 Å². The summed E-state index contributed by atoms with van der Waals surface area (Å²) >= 11 is 0. The van der Waals surface area contributed by atoms with Gasteiger partial charge in [0.2, 0.25) is 0 Å². The highest BCUT2D eigenvalue weighted by Gasteiger charge is 2.18. The van der Waals surface area contributed by atoms with Gasteiger partial charge in [0.1, 0.15) is 17.4 Å². The third-order valence-corrected chi connectivity index (χ3v) is 3.64. The lowest BCUT2D eigenvalue weighted by Gasteiger charge is -2.20. The van der Waals surface area contributed by atoms with Crippen LogP contribution in [-0.2, 0) is 19.6 Å². The number of hydrogen-bond acceptors (Lipinski definition) is 5. The summed E-state index contributed by atoms with van der Waals surface area (Å²) in [7, 11) is 0. The van der Waals surface area contributed by atoms with Crippen LogP contribution in [0, 0.1) is 0 Å². The van der Waals surface area contributed by atoms with Gasteiger partial charge >= 0.3 is 0 Å². The number of phenols is 1. The SMILES string of the molecule is C.O=c1c(CO)c(Nc2cccc(O)c2)nc2n1CCCC2. The van der Waals surface area contributed by atoms with Gasteiger partial charge in [-0.2, -0.15) is 0 Å². The van der Waals surface area contributed by atoms with Gasteiger partial charge in [-0.05, 0) is 25.0 Å². The minimum absolute atomic E-state index is 0. The highest BCUT2D eigenvalue weighted by atomic mass is 16.3. The summed E-state index contributed by atoms with van der Waals surface area (Å²) in [6, 6.07) is 6.56. The molecule has 1 aromatic heterocycles. The van der Waals surface area contributed by atoms with Crippen molar-refractivity contribution in [3.8, 4) is 5.75 Å². The standard InChI is InChI=1S/C15H17N3O3.CH4/c19-9-12-14(16-10-4-3-5-11(20)8-10)17-13-6-1-2-7-18(13)15(12)21;/h3-5,8,16,19-20H,1-2,6-7,9H2;1H4. The monoisotopic (exact) mass is 303 g/mol. The number of aromatic nitrogens is 2. The van der Waals surface area contributed by atoms with Crippen LogP contribution in [-0.4, -0.2) is 19.8 Å². The molecule has 0 radical (unpaired) electrons. The van der Waals surface area contributed by atoms with E-state index in [9.17, 15) is 15.0 Å². The van der Waals surface area contributed by atoms with Crippen LogP contribution in [0.2, 0.25) is 0 Å². The molecule has 0 bridgehead atoms. The van der Waals surface area contributed by atoms with Gasteiger partial charge in [-0.25, -0.2) is 4.98 Å². The van der Waals surface area contributed by atoms with Gasteiger partial charge in [-0.1, -0.05) is 13.5 Å². The third-order valence-electron chi connectivity index (χ3n) is 3.64. The van der Waals surface area contributed by atoms with Crippen molar-refractivity contribution in [1.29, 1.82) is 0 Å². The number of aryl methyl sites for hydroxylation is 1. The van der Waals surface area contributed by atoms with Gasteiger partial charge in [0, 0.05) is 24.7 Å². The van der Waals surface area contributed by atoms with E-state index in [1.807, 2.05) is 0 Å². The Labute approximate surface area is 129 Å². The molecule has 0 amide bonds. The topological polar surface area (TPSA) is 87.4 Å². The molecule has 3 N–H and O–H groups in total. The summed E-state index contributed by atoms with van der Waals surface area (Å²) in [5.74, 6) is 1.23. The van der Waals surface area contributed by atoms with Crippen LogP contribution in [0.4, 0.5) is 11.5 Å². The number of aromatic hydroxyl groups is 1. The molecular formula is C16H21N3O3. The van der Waals surface area contributed by atoms with E-state index in [0.29, 0.717) is 18.1 Å². The largest absolute Gasteiger partial charge is 0.508 e. The number of nitrogens with zero attached hydrogens (tertiary/aromatic N) is 2. The highest BCUT2D eigenvalue weighted by Crippen LogP contribution is 2.22. The fourth-order valence-electron chi connectivity index (χ4n) is 2.58. The molecule has 6 nitrogen and oxygen atoms in total. The average molecular weight is 303 g/mol. The van der Waals surface area contributed by atoms with Crippen molar-refractivity contribution in [2.45, 2.75) is 39.8 Å². The molecule has 0 aliphatic carbocycles. The van der Waals surface area contributed by atoms with E-state index in [1.54, 1.807) is 28.8 Å². The number of benzene rings is 1. The molecule has 1 aliphatic heterocycles. The maximum absolute atomic E-state index is 12.4. The van der Waals surface area contributed by atoms with E-state index in [1.165, 1.54) is 0 Å². The van der Waals surface area contributed by atoms with E-state index in [-0.39, 0.29) is 30.9 Å². The van der Waals surface area contributed by atoms with Crippen molar-refractivity contribution in [2.24, 2.45) is 0 Å². The zero-order valence-electron chi connectivity index (χ0n) is 11.5. The Morgan fingerprint density at radius 3 is 2.86 bits per heavy atom. The Bertz CT molecular complexity index is 725. The summed E-state index contributed by atoms with van der Waals surface area (Å²) in [5, 5.41) is 22.0. The van der Waals surface area contributed by atoms with E-state index >= 15 is 0 Å². The molecule has 2 aromatic rings. The van der Waals surface area contributed by atoms with Crippen LogP contribution in [0.5, 0.6) is 5.75 Å². The van der Waals surface area contributed by atoms with Gasteiger partial charge in [0.15, 0.2) is 0 Å². The smallest absolute Gasteiger partial charge is 0.261 e. The summed E-state index contributed by atoms with van der Waals surface area (Å²) in [5.41, 5.74) is 0.686. The minimum Gasteiger partial charge on any atom is -0.508 e. The van der Waals surface area contributed by atoms with Crippen molar-refractivity contribution in [3.05, 3.63) is 46.0 Å². The lowest BCUT2D eigenvalue weighted by Crippen LogP contribution is -2.31. The van der Waals surface area contributed by atoms with Crippen LogP contribution >= 0.6 is 0 Å². The number of aliphatic hydroxyl groups excluding tert-OH is 1. The van der Waals surface area contributed by atoms with Crippen molar-refractivity contribution < 1.29 is 10.2 Å². The zero-order chi connectivity index (χ0) is 14.8. The molecule has 0 saturated heterocycles. The summed E-state index contributed by atoms with van der Waals surface area (Å²) in [4.78, 5) is 16.9. The van der Waals surface area contributed by atoms with Crippen LogP contribution < -0.4 is 10.9 Å². The molecule has 0 atom stereocenters. The van der Waals surface area contributed by atoms with Crippen LogP contribution in [0.1, 0.15) is 31.7 Å². The Balaban J connectivity index is 0.00000176. The number of nitrogens with one attached hydrogen (secondary N) is 1. The Kier molecular flexibility index (Phi) is 4.82. The average Bonchev–Trinajstić information content (AvgIpc) is 2.48. The fraction of sp³-hybridized carbons (Fsp3) is 0.375. The molecule has 0 spiro atoms. The minimum atomic E-state index is -0.368. The molecule has 0 saturated carbocycles. The van der Waals surface area contributed by atoms with Crippen LogP contribution in [0.3, 0.4) is 0 Å². The quantitative estimate of drug-likeness (QED) is 0.809. The van der Waals surface area contributed by atoms with Gasteiger partial charge < -0.3 is 15.5 Å². The Hall–Kier alpha value is -2.34. The van der Waals surface area contributed by atoms with Crippen LogP contribution in [0.15, 0.2) is 29.1 Å². The Morgan fingerprint density at radius 1 is 1.32 bits per heavy atom. The molecule has 0 unspecified atom stereocenters. The molecule has 118 valence electrons. The number of rotatable bonds is 3. The summed E-state index contributed by atoms with van der Waals surface area (Å²) < 4.78 is 1.64. The second-order valence-electron chi connectivity index (χ2n) is 5.10. The lowest BCUT2D eigenvalue weighted by atomic mass is 10.1. The molecule has 6 heteroatoms.